The van der Waals surface area contributed by atoms with Crippen molar-refractivity contribution in [1.29, 1.82) is 0 Å². The molecule has 2 heterocycles. The molecule has 1 aromatic carbocycles. The summed E-state index contributed by atoms with van der Waals surface area (Å²) in [6.45, 7) is 11.2. The first-order valence-electron chi connectivity index (χ1n) is 10.8. The van der Waals surface area contributed by atoms with Gasteiger partial charge in [-0.05, 0) is 30.0 Å². The highest BCUT2D eigenvalue weighted by Gasteiger charge is 2.22. The molecule has 1 saturated heterocycles. The molecule has 8 heteroatoms. The predicted octanol–water partition coefficient (Wildman–Crippen LogP) is 2.88. The van der Waals surface area contributed by atoms with E-state index in [0.29, 0.717) is 31.7 Å². The lowest BCUT2D eigenvalue weighted by Gasteiger charge is -2.35. The van der Waals surface area contributed by atoms with E-state index in [0.717, 1.165) is 68.7 Å². The van der Waals surface area contributed by atoms with Crippen molar-refractivity contribution in [2.24, 2.45) is 10.9 Å². The lowest BCUT2D eigenvalue weighted by atomic mass is 10.0. The van der Waals surface area contributed by atoms with Crippen LogP contribution in [0, 0.1) is 5.92 Å². The van der Waals surface area contributed by atoms with Gasteiger partial charge in [-0.15, -0.1) is 24.0 Å². The number of guanidine groups is 1. The van der Waals surface area contributed by atoms with Gasteiger partial charge >= 0.3 is 0 Å². The van der Waals surface area contributed by atoms with Gasteiger partial charge in [0.15, 0.2) is 17.5 Å². The molecule has 7 nitrogen and oxygen atoms in total. The summed E-state index contributed by atoms with van der Waals surface area (Å²) in [6, 6.07) is 6.60. The van der Waals surface area contributed by atoms with E-state index in [-0.39, 0.29) is 24.0 Å². The zero-order chi connectivity index (χ0) is 20.5. The first kappa shape index (κ1) is 25.0. The molecule has 30 heavy (non-hydrogen) atoms. The number of nitrogens with zero attached hydrogens (tertiary/aromatic N) is 2. The number of halogens is 1. The fraction of sp³-hybridized carbons (Fsp3) is 0.682. The molecule has 0 amide bonds. The summed E-state index contributed by atoms with van der Waals surface area (Å²) in [4.78, 5) is 6.93. The molecule has 3 rings (SSSR count). The highest BCUT2D eigenvalue weighted by atomic mass is 127. The normalized spacial score (nSPS) is 18.3. The van der Waals surface area contributed by atoms with Gasteiger partial charge in [0.05, 0.1) is 26.4 Å². The Morgan fingerprint density at radius 2 is 1.80 bits per heavy atom. The summed E-state index contributed by atoms with van der Waals surface area (Å²) in [7, 11) is 1.81. The molecule has 0 aliphatic carbocycles. The van der Waals surface area contributed by atoms with Crippen LogP contribution in [0.5, 0.6) is 11.5 Å². The number of hydrogen-bond acceptors (Lipinski definition) is 5. The van der Waals surface area contributed by atoms with Crippen LogP contribution in [-0.2, 0) is 11.3 Å². The zero-order valence-electron chi connectivity index (χ0n) is 18.5. The van der Waals surface area contributed by atoms with E-state index in [1.54, 1.807) is 0 Å². The monoisotopic (exact) mass is 532 g/mol. The fourth-order valence-corrected chi connectivity index (χ4v) is 3.79. The average Bonchev–Trinajstić information content (AvgIpc) is 2.98. The molecule has 1 aromatic rings. The predicted molar refractivity (Wildman–Crippen MR) is 131 cm³/mol. The third-order valence-corrected chi connectivity index (χ3v) is 5.31. The number of fused-ring (bicyclic) bond motifs is 1. The Bertz CT molecular complexity index is 666. The van der Waals surface area contributed by atoms with Crippen LogP contribution in [0.2, 0.25) is 0 Å². The molecule has 0 radical (unpaired) electrons. The first-order chi connectivity index (χ1) is 14.2. The van der Waals surface area contributed by atoms with Crippen molar-refractivity contribution in [2.45, 2.75) is 39.3 Å². The first-order valence-corrected chi connectivity index (χ1v) is 10.8. The van der Waals surface area contributed by atoms with Gasteiger partial charge in [-0.25, -0.2) is 0 Å². The number of rotatable bonds is 7. The smallest absolute Gasteiger partial charge is 0.191 e. The SMILES string of the molecule is CN=C(NCc1ccc2c(c1)OCCCO2)NCC(CC(C)C)N1CCOCC1.I. The van der Waals surface area contributed by atoms with Crippen LogP contribution >= 0.6 is 24.0 Å². The van der Waals surface area contributed by atoms with Crippen LogP contribution in [-0.4, -0.2) is 70.0 Å². The van der Waals surface area contributed by atoms with E-state index < -0.39 is 0 Å². The Hall–Kier alpha value is -1.26. The van der Waals surface area contributed by atoms with Crippen LogP contribution in [0.3, 0.4) is 0 Å². The van der Waals surface area contributed by atoms with Gasteiger partial charge in [0, 0.05) is 45.7 Å². The number of ether oxygens (including phenoxy) is 3. The molecule has 1 fully saturated rings. The third kappa shape index (κ3) is 7.77. The second-order valence-corrected chi connectivity index (χ2v) is 8.07. The average molecular weight is 532 g/mol. The van der Waals surface area contributed by atoms with Gasteiger partial charge in [0.2, 0.25) is 0 Å². The van der Waals surface area contributed by atoms with Gasteiger partial charge in [-0.1, -0.05) is 19.9 Å². The van der Waals surface area contributed by atoms with E-state index in [1.807, 2.05) is 13.1 Å². The van der Waals surface area contributed by atoms with Gasteiger partial charge in [-0.2, -0.15) is 0 Å². The van der Waals surface area contributed by atoms with Crippen molar-refractivity contribution in [3.63, 3.8) is 0 Å². The Balaban J connectivity index is 0.00000320. The van der Waals surface area contributed by atoms with Crippen molar-refractivity contribution in [3.8, 4) is 11.5 Å². The largest absolute Gasteiger partial charge is 0.490 e. The highest BCUT2D eigenvalue weighted by Crippen LogP contribution is 2.30. The summed E-state index contributed by atoms with van der Waals surface area (Å²) < 4.78 is 17.0. The minimum atomic E-state index is 0. The summed E-state index contributed by atoms with van der Waals surface area (Å²) >= 11 is 0. The second-order valence-electron chi connectivity index (χ2n) is 8.07. The maximum atomic E-state index is 5.79. The van der Waals surface area contributed by atoms with Crippen molar-refractivity contribution in [2.75, 3.05) is 53.1 Å². The van der Waals surface area contributed by atoms with Crippen molar-refractivity contribution >= 4 is 29.9 Å². The molecule has 2 N–H and O–H groups in total. The summed E-state index contributed by atoms with van der Waals surface area (Å²) in [5, 5.41) is 6.93. The van der Waals surface area contributed by atoms with E-state index in [4.69, 9.17) is 14.2 Å². The number of benzene rings is 1. The van der Waals surface area contributed by atoms with E-state index in [9.17, 15) is 0 Å². The standard InChI is InChI=1S/C22H36N4O3.HI/c1-17(2)13-19(26-7-11-27-12-8-26)16-25-22(23-3)24-15-18-5-6-20-21(14-18)29-10-4-9-28-20;/h5-6,14,17,19H,4,7-13,15-16H2,1-3H3,(H2,23,24,25);1H. The fourth-order valence-electron chi connectivity index (χ4n) is 3.79. The van der Waals surface area contributed by atoms with Crippen LogP contribution < -0.4 is 20.1 Å². The number of aliphatic imine (C=N–C) groups is 1. The molecule has 1 atom stereocenters. The molecular weight excluding hydrogens is 495 g/mol. The maximum absolute atomic E-state index is 5.79. The molecule has 170 valence electrons. The summed E-state index contributed by atoms with van der Waals surface area (Å²) in [5.74, 6) is 3.13. The number of nitrogens with one attached hydrogen (secondary N) is 2. The van der Waals surface area contributed by atoms with Crippen LogP contribution in [0.4, 0.5) is 0 Å². The molecule has 2 aliphatic heterocycles. The van der Waals surface area contributed by atoms with Crippen LogP contribution in [0.15, 0.2) is 23.2 Å². The van der Waals surface area contributed by atoms with E-state index in [2.05, 4.69) is 46.5 Å². The molecule has 2 aliphatic rings. The Kier molecular flexibility index (Phi) is 11.0. The van der Waals surface area contributed by atoms with Gasteiger partial charge in [-0.3, -0.25) is 9.89 Å². The Morgan fingerprint density at radius 1 is 1.07 bits per heavy atom. The maximum Gasteiger partial charge on any atom is 0.191 e. The minimum Gasteiger partial charge on any atom is -0.490 e. The molecular formula is C22H37IN4O3. The molecule has 0 saturated carbocycles. The van der Waals surface area contributed by atoms with E-state index in [1.165, 1.54) is 0 Å². The topological polar surface area (TPSA) is 67.4 Å². The van der Waals surface area contributed by atoms with Gasteiger partial charge in [0.1, 0.15) is 0 Å². The lowest BCUT2D eigenvalue weighted by Crippen LogP contribution is -2.50. The summed E-state index contributed by atoms with van der Waals surface area (Å²) in [5.41, 5.74) is 1.14. The lowest BCUT2D eigenvalue weighted by molar-refractivity contribution is 0.0132. The third-order valence-electron chi connectivity index (χ3n) is 5.31. The Labute approximate surface area is 197 Å². The molecule has 0 spiro atoms. The number of hydrogen-bond donors (Lipinski definition) is 2. The second kappa shape index (κ2) is 13.2. The van der Waals surface area contributed by atoms with Crippen molar-refractivity contribution < 1.29 is 14.2 Å². The quantitative estimate of drug-likeness (QED) is 0.320. The minimum absolute atomic E-state index is 0. The number of morpholine rings is 1. The van der Waals surface area contributed by atoms with E-state index >= 15 is 0 Å². The Morgan fingerprint density at radius 3 is 2.50 bits per heavy atom. The van der Waals surface area contributed by atoms with Gasteiger partial charge in [0.25, 0.3) is 0 Å². The summed E-state index contributed by atoms with van der Waals surface area (Å²) in [6.07, 6.45) is 2.08. The molecule has 1 unspecified atom stereocenters. The van der Waals surface area contributed by atoms with Gasteiger partial charge < -0.3 is 24.8 Å². The van der Waals surface area contributed by atoms with Crippen molar-refractivity contribution in [3.05, 3.63) is 23.8 Å². The van der Waals surface area contributed by atoms with Crippen molar-refractivity contribution in [1.82, 2.24) is 15.5 Å². The molecule has 0 aromatic heterocycles. The molecule has 0 bridgehead atoms. The highest BCUT2D eigenvalue weighted by molar-refractivity contribution is 14.0. The zero-order valence-corrected chi connectivity index (χ0v) is 20.8. The van der Waals surface area contributed by atoms with Crippen LogP contribution in [0.25, 0.3) is 0 Å². The van der Waals surface area contributed by atoms with Crippen LogP contribution in [0.1, 0.15) is 32.3 Å².